The van der Waals surface area contributed by atoms with Gasteiger partial charge in [0.15, 0.2) is 5.82 Å². The molecule has 0 fully saturated rings. The molecule has 1 aliphatic heterocycles. The standard InChI is InChI=1S/C26H25FN6/c27-24-10-8-21(9-11-24)22-13-16-32(17-14-22)25(23-7-4-15-28-19-23)26-29-30-31-33(26)18-12-20-5-2-1-3-6-20/h1-11,13,15,19,25H,12,14,16-18H2/t25-/m1/s1. The zero-order chi connectivity index (χ0) is 22.5. The molecule has 1 atom stereocenters. The van der Waals surface area contributed by atoms with E-state index < -0.39 is 0 Å². The summed E-state index contributed by atoms with van der Waals surface area (Å²) < 4.78 is 15.2. The van der Waals surface area contributed by atoms with Gasteiger partial charge in [-0.15, -0.1) is 5.10 Å². The van der Waals surface area contributed by atoms with Gasteiger partial charge < -0.3 is 0 Å². The number of hydrogen-bond donors (Lipinski definition) is 0. The largest absolute Gasteiger partial charge is 0.286 e. The Labute approximate surface area is 192 Å². The fourth-order valence-electron chi connectivity index (χ4n) is 4.35. The van der Waals surface area contributed by atoms with Gasteiger partial charge in [-0.1, -0.05) is 54.6 Å². The van der Waals surface area contributed by atoms with Crippen molar-refractivity contribution in [3.63, 3.8) is 0 Å². The normalized spacial score (nSPS) is 15.2. The first kappa shape index (κ1) is 21.2. The van der Waals surface area contributed by atoms with Crippen LogP contribution in [0.3, 0.4) is 0 Å². The summed E-state index contributed by atoms with van der Waals surface area (Å²) in [6.07, 6.45) is 7.61. The van der Waals surface area contributed by atoms with Crippen molar-refractivity contribution in [3.05, 3.63) is 114 Å². The van der Waals surface area contributed by atoms with Crippen molar-refractivity contribution in [1.29, 1.82) is 0 Å². The number of hydrogen-bond acceptors (Lipinski definition) is 5. The molecule has 0 N–H and O–H groups in total. The lowest BCUT2D eigenvalue weighted by Gasteiger charge is -2.33. The Bertz CT molecular complexity index is 1200. The summed E-state index contributed by atoms with van der Waals surface area (Å²) in [6, 6.07) is 21.0. The van der Waals surface area contributed by atoms with E-state index in [-0.39, 0.29) is 11.9 Å². The molecule has 0 amide bonds. The van der Waals surface area contributed by atoms with E-state index in [1.807, 2.05) is 47.3 Å². The number of rotatable bonds is 7. The van der Waals surface area contributed by atoms with Crippen molar-refractivity contribution in [1.82, 2.24) is 30.1 Å². The minimum atomic E-state index is -0.212. The van der Waals surface area contributed by atoms with Crippen LogP contribution in [-0.2, 0) is 13.0 Å². The molecule has 2 aromatic carbocycles. The summed E-state index contributed by atoms with van der Waals surface area (Å²) >= 11 is 0. The van der Waals surface area contributed by atoms with Crippen LogP contribution in [0.15, 0.2) is 85.2 Å². The van der Waals surface area contributed by atoms with E-state index in [0.717, 1.165) is 42.9 Å². The molecule has 166 valence electrons. The van der Waals surface area contributed by atoms with E-state index in [0.29, 0.717) is 6.54 Å². The van der Waals surface area contributed by atoms with E-state index in [1.54, 1.807) is 6.20 Å². The second kappa shape index (κ2) is 9.83. The van der Waals surface area contributed by atoms with Gasteiger partial charge in [0, 0.05) is 32.0 Å². The fourth-order valence-corrected chi connectivity index (χ4v) is 4.35. The molecule has 0 bridgehead atoms. The highest BCUT2D eigenvalue weighted by molar-refractivity contribution is 5.66. The molecule has 0 saturated carbocycles. The minimum absolute atomic E-state index is 0.101. The smallest absolute Gasteiger partial charge is 0.173 e. The number of aryl methyl sites for hydroxylation is 2. The Kier molecular flexibility index (Phi) is 6.30. The highest BCUT2D eigenvalue weighted by Crippen LogP contribution is 2.31. The van der Waals surface area contributed by atoms with Gasteiger partial charge >= 0.3 is 0 Å². The SMILES string of the molecule is Fc1ccc(C2=CCN([C@H](c3cccnc3)c3nnnn3CCc3ccccc3)CC2)cc1. The van der Waals surface area contributed by atoms with E-state index in [1.165, 1.54) is 23.3 Å². The molecular weight excluding hydrogens is 415 g/mol. The average Bonchev–Trinajstić information content (AvgIpc) is 3.33. The lowest BCUT2D eigenvalue weighted by molar-refractivity contribution is 0.234. The quantitative estimate of drug-likeness (QED) is 0.428. The third-order valence-electron chi connectivity index (χ3n) is 6.08. The Morgan fingerprint density at radius 1 is 0.970 bits per heavy atom. The maximum Gasteiger partial charge on any atom is 0.173 e. The molecule has 2 aromatic heterocycles. The molecule has 3 heterocycles. The molecule has 7 heteroatoms. The van der Waals surface area contributed by atoms with Crippen molar-refractivity contribution in [3.8, 4) is 0 Å². The van der Waals surface area contributed by atoms with Crippen LogP contribution >= 0.6 is 0 Å². The van der Waals surface area contributed by atoms with Gasteiger partial charge in [-0.05, 0) is 63.7 Å². The number of aromatic nitrogens is 5. The predicted molar refractivity (Wildman–Crippen MR) is 125 cm³/mol. The molecule has 0 spiro atoms. The Morgan fingerprint density at radius 2 is 1.82 bits per heavy atom. The van der Waals surface area contributed by atoms with Gasteiger partial charge in [-0.3, -0.25) is 9.88 Å². The van der Waals surface area contributed by atoms with Crippen LogP contribution in [-0.4, -0.2) is 43.2 Å². The second-order valence-electron chi connectivity index (χ2n) is 8.17. The first-order valence-corrected chi connectivity index (χ1v) is 11.2. The number of benzene rings is 2. The van der Waals surface area contributed by atoms with Crippen molar-refractivity contribution >= 4 is 5.57 Å². The van der Waals surface area contributed by atoms with Crippen molar-refractivity contribution in [2.24, 2.45) is 0 Å². The highest BCUT2D eigenvalue weighted by atomic mass is 19.1. The van der Waals surface area contributed by atoms with E-state index in [9.17, 15) is 4.39 Å². The number of pyridine rings is 1. The van der Waals surface area contributed by atoms with Crippen LogP contribution < -0.4 is 0 Å². The number of tetrazole rings is 1. The van der Waals surface area contributed by atoms with Gasteiger partial charge in [-0.2, -0.15) is 0 Å². The van der Waals surface area contributed by atoms with E-state index in [2.05, 4.69) is 49.7 Å². The summed E-state index contributed by atoms with van der Waals surface area (Å²) in [7, 11) is 0. The molecular formula is C26H25FN6. The molecule has 0 saturated heterocycles. The van der Waals surface area contributed by atoms with E-state index in [4.69, 9.17) is 0 Å². The maximum atomic E-state index is 13.3. The van der Waals surface area contributed by atoms with Crippen LogP contribution in [0, 0.1) is 5.82 Å². The topological polar surface area (TPSA) is 59.7 Å². The molecule has 4 aromatic rings. The van der Waals surface area contributed by atoms with Gasteiger partial charge in [-0.25, -0.2) is 9.07 Å². The van der Waals surface area contributed by atoms with Gasteiger partial charge in [0.25, 0.3) is 0 Å². The molecule has 6 nitrogen and oxygen atoms in total. The van der Waals surface area contributed by atoms with Crippen molar-refractivity contribution in [2.75, 3.05) is 13.1 Å². The molecule has 5 rings (SSSR count). The molecule has 0 aliphatic carbocycles. The van der Waals surface area contributed by atoms with Gasteiger partial charge in [0.2, 0.25) is 0 Å². The van der Waals surface area contributed by atoms with Crippen LogP contribution in [0.5, 0.6) is 0 Å². The predicted octanol–water partition coefficient (Wildman–Crippen LogP) is 4.33. The second-order valence-corrected chi connectivity index (χ2v) is 8.17. The zero-order valence-corrected chi connectivity index (χ0v) is 18.3. The van der Waals surface area contributed by atoms with E-state index >= 15 is 0 Å². The zero-order valence-electron chi connectivity index (χ0n) is 18.3. The lowest BCUT2D eigenvalue weighted by Crippen LogP contribution is -2.35. The maximum absolute atomic E-state index is 13.3. The van der Waals surface area contributed by atoms with Crippen LogP contribution in [0.4, 0.5) is 4.39 Å². The molecule has 0 unspecified atom stereocenters. The third kappa shape index (κ3) is 4.88. The highest BCUT2D eigenvalue weighted by Gasteiger charge is 2.29. The van der Waals surface area contributed by atoms with Gasteiger partial charge in [0.1, 0.15) is 5.82 Å². The Hall–Kier alpha value is -3.71. The fraction of sp³-hybridized carbons (Fsp3) is 0.231. The monoisotopic (exact) mass is 440 g/mol. The van der Waals surface area contributed by atoms with Crippen molar-refractivity contribution < 1.29 is 4.39 Å². The average molecular weight is 441 g/mol. The van der Waals surface area contributed by atoms with Crippen LogP contribution in [0.2, 0.25) is 0 Å². The van der Waals surface area contributed by atoms with Crippen LogP contribution in [0.25, 0.3) is 5.57 Å². The summed E-state index contributed by atoms with van der Waals surface area (Å²) in [5.74, 6) is 0.605. The summed E-state index contributed by atoms with van der Waals surface area (Å²) in [5, 5.41) is 12.7. The number of halogens is 1. The number of nitrogens with zero attached hydrogens (tertiary/aromatic N) is 6. The summed E-state index contributed by atoms with van der Waals surface area (Å²) in [6.45, 7) is 2.29. The third-order valence-corrected chi connectivity index (χ3v) is 6.08. The molecule has 33 heavy (non-hydrogen) atoms. The van der Waals surface area contributed by atoms with Gasteiger partial charge in [0.05, 0.1) is 6.04 Å². The summed E-state index contributed by atoms with van der Waals surface area (Å²) in [5.41, 5.74) is 4.62. The molecule has 1 aliphatic rings. The molecule has 0 radical (unpaired) electrons. The Morgan fingerprint density at radius 3 is 2.55 bits per heavy atom. The summed E-state index contributed by atoms with van der Waals surface area (Å²) in [4.78, 5) is 6.72. The Balaban J connectivity index is 1.40. The van der Waals surface area contributed by atoms with Crippen molar-refractivity contribution in [2.45, 2.75) is 25.4 Å². The minimum Gasteiger partial charge on any atom is -0.286 e. The van der Waals surface area contributed by atoms with Crippen LogP contribution in [0.1, 0.15) is 35.0 Å². The first-order chi connectivity index (χ1) is 16.3. The lowest BCUT2D eigenvalue weighted by atomic mass is 9.97. The first-order valence-electron chi connectivity index (χ1n) is 11.2.